The van der Waals surface area contributed by atoms with E-state index in [0.717, 1.165) is 27.2 Å². The zero-order valence-corrected chi connectivity index (χ0v) is 12.2. The van der Waals surface area contributed by atoms with Crippen molar-refractivity contribution in [3.8, 4) is 11.5 Å². The number of nitrogens with one attached hydrogen (secondary N) is 1. The molecule has 98 valence electrons. The molecule has 0 fully saturated rings. The largest absolute Gasteiger partial charge is 0.452 e. The molecular weight excluding hydrogens is 298 g/mol. The van der Waals surface area contributed by atoms with Crippen LogP contribution in [0.1, 0.15) is 32.3 Å². The van der Waals surface area contributed by atoms with Crippen molar-refractivity contribution in [2.75, 3.05) is 12.1 Å². The Morgan fingerprint density at radius 1 is 1.39 bits per heavy atom. The summed E-state index contributed by atoms with van der Waals surface area (Å²) in [6.45, 7) is 6.24. The van der Waals surface area contributed by atoms with E-state index >= 15 is 0 Å². The number of halogens is 1. The van der Waals surface area contributed by atoms with Crippen molar-refractivity contribution in [1.29, 1.82) is 0 Å². The highest BCUT2D eigenvalue weighted by Crippen LogP contribution is 2.52. The molecule has 2 heterocycles. The van der Waals surface area contributed by atoms with Gasteiger partial charge in [0.05, 0.1) is 21.8 Å². The van der Waals surface area contributed by atoms with Gasteiger partial charge in [-0.3, -0.25) is 0 Å². The van der Waals surface area contributed by atoms with Crippen LogP contribution in [0.5, 0.6) is 11.5 Å². The van der Waals surface area contributed by atoms with Crippen LogP contribution in [-0.2, 0) is 0 Å². The van der Waals surface area contributed by atoms with Crippen molar-refractivity contribution < 1.29 is 14.6 Å². The Hall–Kier alpha value is -0.940. The molecule has 1 aromatic rings. The molecule has 4 nitrogen and oxygen atoms in total. The van der Waals surface area contributed by atoms with Gasteiger partial charge in [-0.15, -0.1) is 0 Å². The maximum atomic E-state index is 10.3. The average molecular weight is 314 g/mol. The van der Waals surface area contributed by atoms with Gasteiger partial charge >= 0.3 is 0 Å². The third-order valence-corrected chi connectivity index (χ3v) is 4.37. The Morgan fingerprint density at radius 2 is 2.06 bits per heavy atom. The Bertz CT molecular complexity index is 515. The summed E-state index contributed by atoms with van der Waals surface area (Å²) in [5.74, 6) is 1.52. The van der Waals surface area contributed by atoms with E-state index in [1.54, 1.807) is 0 Å². The van der Waals surface area contributed by atoms with E-state index in [-0.39, 0.29) is 18.2 Å². The van der Waals surface area contributed by atoms with Gasteiger partial charge in [-0.05, 0) is 41.4 Å². The molecule has 0 bridgehead atoms. The molecule has 0 aliphatic carbocycles. The lowest BCUT2D eigenvalue weighted by atomic mass is 9.79. The van der Waals surface area contributed by atoms with Crippen molar-refractivity contribution in [2.45, 2.75) is 38.3 Å². The normalized spacial score (nSPS) is 27.6. The zero-order chi connectivity index (χ0) is 13.1. The van der Waals surface area contributed by atoms with E-state index in [1.807, 2.05) is 26.8 Å². The van der Waals surface area contributed by atoms with Gasteiger partial charge in [0.1, 0.15) is 0 Å². The lowest BCUT2D eigenvalue weighted by Crippen LogP contribution is -2.49. The van der Waals surface area contributed by atoms with Gasteiger partial charge in [0.2, 0.25) is 6.79 Å². The predicted molar refractivity (Wildman–Crippen MR) is 72.4 cm³/mol. The minimum Gasteiger partial charge on any atom is -0.452 e. The number of hydrogen-bond acceptors (Lipinski definition) is 4. The van der Waals surface area contributed by atoms with E-state index in [2.05, 4.69) is 21.2 Å². The molecular formula is C13H16BrNO3. The summed E-state index contributed by atoms with van der Waals surface area (Å²) in [5.41, 5.74) is 1.60. The molecule has 0 amide bonds. The first-order valence-corrected chi connectivity index (χ1v) is 6.79. The fourth-order valence-corrected chi connectivity index (χ4v) is 3.27. The van der Waals surface area contributed by atoms with E-state index in [4.69, 9.17) is 9.47 Å². The summed E-state index contributed by atoms with van der Waals surface area (Å²) in [4.78, 5) is 0. The average Bonchev–Trinajstić information content (AvgIpc) is 2.78. The van der Waals surface area contributed by atoms with Crippen LogP contribution < -0.4 is 14.8 Å². The first-order chi connectivity index (χ1) is 8.42. The summed E-state index contributed by atoms with van der Waals surface area (Å²) in [6, 6.07) is 2.00. The monoisotopic (exact) mass is 313 g/mol. The molecule has 18 heavy (non-hydrogen) atoms. The molecule has 5 heteroatoms. The maximum Gasteiger partial charge on any atom is 0.231 e. The highest BCUT2D eigenvalue weighted by atomic mass is 79.9. The number of benzene rings is 1. The summed E-state index contributed by atoms with van der Waals surface area (Å²) >= 11 is 3.49. The number of anilines is 1. The lowest BCUT2D eigenvalue weighted by Gasteiger charge is -2.42. The van der Waals surface area contributed by atoms with Gasteiger partial charge in [-0.1, -0.05) is 6.92 Å². The summed E-state index contributed by atoms with van der Waals surface area (Å²) in [7, 11) is 0. The Morgan fingerprint density at radius 3 is 2.78 bits per heavy atom. The van der Waals surface area contributed by atoms with Crippen molar-refractivity contribution in [3.05, 3.63) is 16.1 Å². The van der Waals surface area contributed by atoms with Gasteiger partial charge < -0.3 is 19.9 Å². The van der Waals surface area contributed by atoms with Crippen LogP contribution in [0.4, 0.5) is 5.69 Å². The van der Waals surface area contributed by atoms with Crippen LogP contribution in [0.15, 0.2) is 10.5 Å². The number of fused-ring (bicyclic) bond motifs is 3. The van der Waals surface area contributed by atoms with Crippen LogP contribution in [-0.4, -0.2) is 23.5 Å². The van der Waals surface area contributed by atoms with Crippen molar-refractivity contribution in [1.82, 2.24) is 0 Å². The van der Waals surface area contributed by atoms with Crippen molar-refractivity contribution in [2.24, 2.45) is 0 Å². The molecule has 0 saturated carbocycles. The number of aliphatic hydroxyl groups excluding tert-OH is 1. The predicted octanol–water partition coefficient (Wildman–Crippen LogP) is 2.85. The Kier molecular flexibility index (Phi) is 2.54. The molecule has 1 aromatic carbocycles. The molecule has 0 spiro atoms. The highest BCUT2D eigenvalue weighted by molar-refractivity contribution is 9.10. The highest BCUT2D eigenvalue weighted by Gasteiger charge is 2.41. The second-order valence-corrected chi connectivity index (χ2v) is 6.32. The fraction of sp³-hybridized carbons (Fsp3) is 0.538. The van der Waals surface area contributed by atoms with Gasteiger partial charge in [-0.25, -0.2) is 0 Å². The van der Waals surface area contributed by atoms with E-state index in [0.29, 0.717) is 0 Å². The van der Waals surface area contributed by atoms with Crippen LogP contribution in [0.25, 0.3) is 0 Å². The zero-order valence-electron chi connectivity index (χ0n) is 10.6. The topological polar surface area (TPSA) is 50.7 Å². The molecule has 2 atom stereocenters. The molecule has 2 unspecified atom stereocenters. The fourth-order valence-electron chi connectivity index (χ4n) is 2.73. The van der Waals surface area contributed by atoms with Gasteiger partial charge in [-0.2, -0.15) is 0 Å². The molecule has 2 aliphatic heterocycles. The van der Waals surface area contributed by atoms with Crippen LogP contribution in [0.2, 0.25) is 0 Å². The SMILES string of the molecule is CC1c2cc(Br)c3c(c2NC(C)(C)C1O)OCO3. The third-order valence-electron chi connectivity index (χ3n) is 3.78. The number of aliphatic hydroxyl groups is 1. The number of rotatable bonds is 0. The second kappa shape index (κ2) is 3.78. The van der Waals surface area contributed by atoms with Crippen molar-refractivity contribution >= 4 is 21.6 Å². The van der Waals surface area contributed by atoms with Crippen LogP contribution in [0, 0.1) is 0 Å². The first kappa shape index (κ1) is 12.1. The molecule has 2 N–H and O–H groups in total. The third kappa shape index (κ3) is 1.53. The van der Waals surface area contributed by atoms with Crippen LogP contribution in [0.3, 0.4) is 0 Å². The van der Waals surface area contributed by atoms with Gasteiger partial charge in [0.15, 0.2) is 11.5 Å². The Balaban J connectivity index is 2.21. The molecule has 2 aliphatic rings. The molecule has 0 aromatic heterocycles. The summed E-state index contributed by atoms with van der Waals surface area (Å²) in [6.07, 6.45) is -0.447. The summed E-state index contributed by atoms with van der Waals surface area (Å²) in [5, 5.41) is 13.7. The van der Waals surface area contributed by atoms with Gasteiger partial charge in [0.25, 0.3) is 0 Å². The standard InChI is InChI=1S/C13H16BrNO3/c1-6-7-4-8(14)10-11(18-5-17-10)9(7)15-13(2,3)12(6)16/h4,6,12,15-16H,5H2,1-3H3. The van der Waals surface area contributed by atoms with E-state index in [9.17, 15) is 5.11 Å². The molecule has 3 rings (SSSR count). The smallest absolute Gasteiger partial charge is 0.231 e. The molecule has 0 saturated heterocycles. The minimum absolute atomic E-state index is 0.0436. The van der Waals surface area contributed by atoms with E-state index < -0.39 is 6.10 Å². The summed E-state index contributed by atoms with van der Waals surface area (Å²) < 4.78 is 11.9. The lowest BCUT2D eigenvalue weighted by molar-refractivity contribution is 0.0865. The minimum atomic E-state index is -0.447. The number of hydrogen-bond donors (Lipinski definition) is 2. The maximum absolute atomic E-state index is 10.3. The number of ether oxygens (including phenoxy) is 2. The Labute approximate surface area is 114 Å². The van der Waals surface area contributed by atoms with E-state index in [1.165, 1.54) is 0 Å². The van der Waals surface area contributed by atoms with Crippen molar-refractivity contribution in [3.63, 3.8) is 0 Å². The van der Waals surface area contributed by atoms with Gasteiger partial charge in [0, 0.05) is 5.92 Å². The molecule has 0 radical (unpaired) electrons. The quantitative estimate of drug-likeness (QED) is 0.773. The van der Waals surface area contributed by atoms with Crippen LogP contribution >= 0.6 is 15.9 Å². The second-order valence-electron chi connectivity index (χ2n) is 5.47. The first-order valence-electron chi connectivity index (χ1n) is 6.00.